The van der Waals surface area contributed by atoms with E-state index in [2.05, 4.69) is 18.5 Å². The molecule has 0 aromatic heterocycles. The molecule has 54 valence electrons. The van der Waals surface area contributed by atoms with E-state index < -0.39 is 5.43 Å². The summed E-state index contributed by atoms with van der Waals surface area (Å²) in [7, 11) is 0. The van der Waals surface area contributed by atoms with Crippen molar-refractivity contribution >= 4 is 17.0 Å². The Kier molecular flexibility index (Phi) is 4.50. The molecule has 1 N–H and O–H groups in total. The van der Waals surface area contributed by atoms with Gasteiger partial charge in [-0.25, -0.2) is 4.79 Å². The maximum Gasteiger partial charge on any atom is 0.401 e. The summed E-state index contributed by atoms with van der Waals surface area (Å²) < 4.78 is 0. The number of hydrogen-bond donors (Lipinski definition) is 1. The number of halogens is 1. The van der Waals surface area contributed by atoms with E-state index in [4.69, 9.17) is 9.90 Å². The van der Waals surface area contributed by atoms with Crippen molar-refractivity contribution in [3.05, 3.63) is 0 Å². The highest BCUT2D eigenvalue weighted by atomic mass is 35.5. The van der Waals surface area contributed by atoms with Crippen LogP contribution in [0.5, 0.6) is 0 Å². The summed E-state index contributed by atoms with van der Waals surface area (Å²) in [5, 5.41) is 7.18. The van der Waals surface area contributed by atoms with E-state index in [-0.39, 0.29) is 0 Å². The van der Waals surface area contributed by atoms with Gasteiger partial charge in [0.25, 0.3) is 0 Å². The van der Waals surface area contributed by atoms with Crippen LogP contribution >= 0.6 is 11.6 Å². The third-order valence-electron chi connectivity index (χ3n) is 1.39. The van der Waals surface area contributed by atoms with Crippen molar-refractivity contribution in [1.82, 2.24) is 0 Å². The van der Waals surface area contributed by atoms with E-state index in [9.17, 15) is 0 Å². The van der Waals surface area contributed by atoms with Crippen LogP contribution < -0.4 is 0 Å². The van der Waals surface area contributed by atoms with Crippen molar-refractivity contribution in [2.24, 2.45) is 5.92 Å². The van der Waals surface area contributed by atoms with Crippen molar-refractivity contribution in [3.8, 4) is 0 Å². The van der Waals surface area contributed by atoms with Crippen molar-refractivity contribution in [2.75, 3.05) is 0 Å². The Morgan fingerprint density at radius 3 is 1.89 bits per heavy atom. The Balaban J connectivity index is 0.000000148. The van der Waals surface area contributed by atoms with Crippen LogP contribution in [0.4, 0.5) is 4.79 Å². The maximum atomic E-state index is 8.77. The quantitative estimate of drug-likeness (QED) is 0.539. The summed E-state index contributed by atoms with van der Waals surface area (Å²) in [6.45, 7) is 2.31. The van der Waals surface area contributed by atoms with E-state index >= 15 is 0 Å². The minimum atomic E-state index is -1.36. The standard InChI is InChI=1S/C5H10.CHClO2/c1-5-3-2-4-5;2-1(3)4/h5H,2-4H2,1H3;(H,3,4). The van der Waals surface area contributed by atoms with Crippen LogP contribution in [-0.4, -0.2) is 10.5 Å². The van der Waals surface area contributed by atoms with Crippen molar-refractivity contribution in [2.45, 2.75) is 26.2 Å². The van der Waals surface area contributed by atoms with Crippen LogP contribution in [0.2, 0.25) is 0 Å². The van der Waals surface area contributed by atoms with Crippen LogP contribution in [0.1, 0.15) is 26.2 Å². The Bertz CT molecular complexity index is 85.1. The highest BCUT2D eigenvalue weighted by Gasteiger charge is 2.09. The third kappa shape index (κ3) is 7.76. The molecular weight excluding hydrogens is 140 g/mol. The lowest BCUT2D eigenvalue weighted by molar-refractivity contribution is 0.220. The highest BCUT2D eigenvalue weighted by Crippen LogP contribution is 2.24. The van der Waals surface area contributed by atoms with E-state index in [1.807, 2.05) is 0 Å². The van der Waals surface area contributed by atoms with Gasteiger partial charge in [0.15, 0.2) is 0 Å². The van der Waals surface area contributed by atoms with Crippen LogP contribution in [-0.2, 0) is 0 Å². The zero-order valence-electron chi connectivity index (χ0n) is 5.43. The Hall–Kier alpha value is -0.240. The van der Waals surface area contributed by atoms with Crippen LogP contribution in [0.15, 0.2) is 0 Å². The molecule has 1 saturated carbocycles. The molecule has 0 saturated heterocycles. The molecule has 0 amide bonds. The van der Waals surface area contributed by atoms with E-state index in [0.29, 0.717) is 0 Å². The number of carbonyl (C=O) groups is 1. The maximum absolute atomic E-state index is 8.77. The number of carboxylic acid groups (broad SMARTS) is 1. The van der Waals surface area contributed by atoms with Gasteiger partial charge in [-0.2, -0.15) is 0 Å². The fraction of sp³-hybridized carbons (Fsp3) is 0.833. The smallest absolute Gasteiger partial charge is 0.401 e. The first-order valence-electron chi connectivity index (χ1n) is 3.01. The summed E-state index contributed by atoms with van der Waals surface area (Å²) in [6, 6.07) is 0. The Morgan fingerprint density at radius 1 is 1.67 bits per heavy atom. The van der Waals surface area contributed by atoms with Crippen molar-refractivity contribution in [3.63, 3.8) is 0 Å². The summed E-state index contributed by atoms with van der Waals surface area (Å²) in [4.78, 5) is 8.77. The highest BCUT2D eigenvalue weighted by molar-refractivity contribution is 6.60. The topological polar surface area (TPSA) is 37.3 Å². The molecule has 0 aromatic carbocycles. The predicted molar refractivity (Wildman–Crippen MR) is 36.9 cm³/mol. The summed E-state index contributed by atoms with van der Waals surface area (Å²) in [6.07, 6.45) is 4.46. The van der Waals surface area contributed by atoms with Gasteiger partial charge in [0.2, 0.25) is 0 Å². The number of hydrogen-bond acceptors (Lipinski definition) is 1. The molecule has 0 radical (unpaired) electrons. The fourth-order valence-corrected chi connectivity index (χ4v) is 0.612. The molecule has 0 aromatic rings. The van der Waals surface area contributed by atoms with Gasteiger partial charge in [0.05, 0.1) is 0 Å². The van der Waals surface area contributed by atoms with E-state index in [1.165, 1.54) is 19.3 Å². The SMILES string of the molecule is CC1CCC1.O=C(O)Cl. The van der Waals surface area contributed by atoms with Gasteiger partial charge in [-0.1, -0.05) is 26.2 Å². The predicted octanol–water partition coefficient (Wildman–Crippen LogP) is 2.71. The Labute approximate surface area is 59.8 Å². The van der Waals surface area contributed by atoms with Gasteiger partial charge in [0.1, 0.15) is 0 Å². The average molecular weight is 151 g/mol. The molecule has 9 heavy (non-hydrogen) atoms. The monoisotopic (exact) mass is 150 g/mol. The second-order valence-electron chi connectivity index (χ2n) is 2.29. The van der Waals surface area contributed by atoms with Gasteiger partial charge < -0.3 is 5.11 Å². The minimum Gasteiger partial charge on any atom is -0.469 e. The van der Waals surface area contributed by atoms with Crippen molar-refractivity contribution in [1.29, 1.82) is 0 Å². The van der Waals surface area contributed by atoms with E-state index in [0.717, 1.165) is 5.92 Å². The zero-order chi connectivity index (χ0) is 7.28. The summed E-state index contributed by atoms with van der Waals surface area (Å²) in [5.41, 5.74) is -1.36. The van der Waals surface area contributed by atoms with Crippen molar-refractivity contribution < 1.29 is 9.90 Å². The zero-order valence-corrected chi connectivity index (χ0v) is 6.19. The fourth-order valence-electron chi connectivity index (χ4n) is 0.612. The van der Waals surface area contributed by atoms with E-state index in [1.54, 1.807) is 0 Å². The number of rotatable bonds is 0. The molecule has 3 heteroatoms. The lowest BCUT2D eigenvalue weighted by atomic mass is 9.88. The second kappa shape index (κ2) is 4.62. The molecule has 1 rings (SSSR count). The first kappa shape index (κ1) is 8.76. The molecule has 2 nitrogen and oxygen atoms in total. The molecule has 1 aliphatic rings. The minimum absolute atomic E-state index is 1.06. The third-order valence-corrected chi connectivity index (χ3v) is 1.39. The first-order valence-corrected chi connectivity index (χ1v) is 3.39. The van der Waals surface area contributed by atoms with Gasteiger partial charge in [-0.15, -0.1) is 0 Å². The molecule has 0 heterocycles. The molecule has 1 fully saturated rings. The lowest BCUT2D eigenvalue weighted by Gasteiger charge is -2.18. The van der Waals surface area contributed by atoms with Gasteiger partial charge in [0, 0.05) is 11.6 Å². The van der Waals surface area contributed by atoms with Gasteiger partial charge in [-0.05, 0) is 5.92 Å². The normalized spacial score (nSPS) is 17.1. The molecule has 0 unspecified atom stereocenters. The largest absolute Gasteiger partial charge is 0.469 e. The van der Waals surface area contributed by atoms with Gasteiger partial charge in [-0.3, -0.25) is 0 Å². The van der Waals surface area contributed by atoms with Crippen LogP contribution in [0.3, 0.4) is 0 Å². The summed E-state index contributed by atoms with van der Waals surface area (Å²) in [5.74, 6) is 1.06. The molecular formula is C6H11ClO2. The molecule has 0 spiro atoms. The lowest BCUT2D eigenvalue weighted by Crippen LogP contribution is -2.04. The average Bonchev–Trinajstić information content (AvgIpc) is 1.59. The molecule has 0 aliphatic heterocycles. The van der Waals surface area contributed by atoms with Gasteiger partial charge >= 0.3 is 5.43 Å². The molecule has 1 aliphatic carbocycles. The first-order chi connectivity index (χ1) is 4.13. The second-order valence-corrected chi connectivity index (χ2v) is 2.61. The molecule has 0 atom stereocenters. The van der Waals surface area contributed by atoms with Crippen LogP contribution in [0.25, 0.3) is 0 Å². The Morgan fingerprint density at radius 2 is 1.89 bits per heavy atom. The summed E-state index contributed by atoms with van der Waals surface area (Å²) >= 11 is 4.19. The molecule has 0 bridgehead atoms. The van der Waals surface area contributed by atoms with Crippen LogP contribution in [0, 0.1) is 5.92 Å².